The zero-order valence-corrected chi connectivity index (χ0v) is 33.7. The van der Waals surface area contributed by atoms with Crippen molar-refractivity contribution < 1.29 is 44.0 Å². The first kappa shape index (κ1) is 46.4. The van der Waals surface area contributed by atoms with E-state index >= 15 is 0 Å². The molecule has 14 heteroatoms. The van der Waals surface area contributed by atoms with Crippen LogP contribution in [0.25, 0.3) is 0 Å². The van der Waals surface area contributed by atoms with Gasteiger partial charge in [0.15, 0.2) is 7.38 Å². The number of aliphatic carboxylic acids is 2. The van der Waals surface area contributed by atoms with Crippen LogP contribution in [0.2, 0.25) is 18.1 Å². The number of halogens is 1. The number of amides is 2. The zero-order chi connectivity index (χ0) is 38.4. The van der Waals surface area contributed by atoms with Gasteiger partial charge in [0.05, 0.1) is 11.8 Å². The van der Waals surface area contributed by atoms with E-state index in [9.17, 15) is 19.2 Å². The number of carbonyl (C=O) groups excluding carboxylic acids is 2. The molecular weight excluding hydrogens is 670 g/mol. The van der Waals surface area contributed by atoms with E-state index in [0.717, 1.165) is 12.8 Å². The molecule has 2 unspecified atom stereocenters. The number of carbonyl (C=O) groups is 4. The Morgan fingerprint density at radius 2 is 1.18 bits per heavy atom. The van der Waals surface area contributed by atoms with Crippen molar-refractivity contribution in [3.8, 4) is 0 Å². The van der Waals surface area contributed by atoms with Crippen molar-refractivity contribution >= 4 is 48.8 Å². The van der Waals surface area contributed by atoms with Crippen LogP contribution < -0.4 is 0 Å². The fraction of sp³-hybridized carbons (Fsp3) is 0.800. The molecule has 3 aliphatic heterocycles. The highest BCUT2D eigenvalue weighted by Crippen LogP contribution is 2.38. The standard InChI is InChI=1S/C13H23NO4.C12H21NO5.C6H15ClSi.C4H5N/c1-5-6-10(11(15)16)9-7-14(8-9)12(17)18-13(2,3)4;1-12(2,3)18-11(17)13-6-8(7-13)9(4-5-14)10(15)16;1-6(2,3)8(4,5)7;1-2-4-5-3-1/h9-10H,5-8H2,1-4H3,(H,15,16);8-9,14H,4-7H2,1-3H3,(H,15,16);1-5H3;1,3-4H,2H2. The lowest BCUT2D eigenvalue weighted by molar-refractivity contribution is -0.147. The van der Waals surface area contributed by atoms with Gasteiger partial charge in [-0.3, -0.25) is 14.6 Å². The number of aliphatic hydroxyl groups excluding tert-OH is 1. The lowest BCUT2D eigenvalue weighted by Gasteiger charge is -2.42. The number of hydrogen-bond acceptors (Lipinski definition) is 8. The Labute approximate surface area is 300 Å². The van der Waals surface area contributed by atoms with E-state index in [2.05, 4.69) is 38.9 Å². The summed E-state index contributed by atoms with van der Waals surface area (Å²) in [5, 5.41) is 27.3. The number of nitrogens with zero attached hydrogens (tertiary/aromatic N) is 3. The van der Waals surface area contributed by atoms with Gasteiger partial charge in [0.1, 0.15) is 11.2 Å². The largest absolute Gasteiger partial charge is 0.481 e. The molecule has 2 amide bonds. The van der Waals surface area contributed by atoms with Crippen LogP contribution in [0.4, 0.5) is 9.59 Å². The van der Waals surface area contributed by atoms with Gasteiger partial charge < -0.3 is 34.6 Å². The van der Waals surface area contributed by atoms with E-state index in [0.29, 0.717) is 37.6 Å². The minimum atomic E-state index is -1.39. The van der Waals surface area contributed by atoms with Crippen LogP contribution in [0.1, 0.15) is 94.9 Å². The average molecular weight is 734 g/mol. The molecule has 2 saturated heterocycles. The third kappa shape index (κ3) is 18.8. The van der Waals surface area contributed by atoms with Crippen LogP contribution in [0.5, 0.6) is 0 Å². The molecule has 0 aromatic heterocycles. The van der Waals surface area contributed by atoms with Gasteiger partial charge in [-0.2, -0.15) is 11.1 Å². The molecule has 284 valence electrons. The number of rotatable bonds is 8. The van der Waals surface area contributed by atoms with Crippen molar-refractivity contribution in [3.63, 3.8) is 0 Å². The number of likely N-dealkylation sites (tertiary alicyclic amines) is 2. The molecule has 0 saturated carbocycles. The monoisotopic (exact) mass is 733 g/mol. The van der Waals surface area contributed by atoms with E-state index in [1.807, 2.05) is 40.0 Å². The van der Waals surface area contributed by atoms with Gasteiger partial charge in [0.2, 0.25) is 0 Å². The summed E-state index contributed by atoms with van der Waals surface area (Å²) in [5.74, 6) is -2.64. The molecule has 0 bridgehead atoms. The highest BCUT2D eigenvalue weighted by atomic mass is 35.6. The van der Waals surface area contributed by atoms with Crippen molar-refractivity contribution in [2.24, 2.45) is 28.7 Å². The van der Waals surface area contributed by atoms with Crippen molar-refractivity contribution in [1.82, 2.24) is 9.80 Å². The van der Waals surface area contributed by atoms with Crippen LogP contribution in [0.15, 0.2) is 17.3 Å². The molecule has 3 N–H and O–H groups in total. The molecule has 12 nitrogen and oxygen atoms in total. The summed E-state index contributed by atoms with van der Waals surface area (Å²) in [6, 6.07) is 0. The molecule has 0 aliphatic carbocycles. The summed E-state index contributed by atoms with van der Waals surface area (Å²) in [4.78, 5) is 52.3. The number of aliphatic imine (C=N–C) groups is 1. The molecular formula is C35H64ClN3O9Si. The Morgan fingerprint density at radius 1 is 0.816 bits per heavy atom. The summed E-state index contributed by atoms with van der Waals surface area (Å²) in [6.45, 7) is 25.3. The van der Waals surface area contributed by atoms with E-state index in [1.54, 1.807) is 31.9 Å². The third-order valence-electron chi connectivity index (χ3n) is 8.26. The number of ether oxygens (including phenoxy) is 2. The predicted molar refractivity (Wildman–Crippen MR) is 197 cm³/mol. The first-order valence-corrected chi connectivity index (χ1v) is 21.1. The molecule has 2 fully saturated rings. The second-order valence-corrected chi connectivity index (χ2v) is 23.4. The minimum absolute atomic E-state index is 0.0648. The Kier molecular flexibility index (Phi) is 19.2. The van der Waals surface area contributed by atoms with Crippen LogP contribution in [-0.2, 0) is 19.1 Å². The quantitative estimate of drug-likeness (QED) is 0.169. The van der Waals surface area contributed by atoms with Gasteiger partial charge in [0.25, 0.3) is 0 Å². The van der Waals surface area contributed by atoms with Gasteiger partial charge in [-0.25, -0.2) is 9.59 Å². The molecule has 49 heavy (non-hydrogen) atoms. The van der Waals surface area contributed by atoms with Crippen LogP contribution >= 0.6 is 11.1 Å². The predicted octanol–water partition coefficient (Wildman–Crippen LogP) is 7.50. The summed E-state index contributed by atoms with van der Waals surface area (Å²) in [6.07, 6.45) is 7.70. The summed E-state index contributed by atoms with van der Waals surface area (Å²) < 4.78 is 10.4. The SMILES string of the molecule is C1=CN=CC1.CC(C)(C)OC(=O)N1CC(C(CCO)C(=O)O)C1.CC(C)(C)[Si](C)(C)Cl.CCCC(C(=O)O)C1CN(C(=O)OC(C)(C)C)C1. The van der Waals surface area contributed by atoms with E-state index in [4.69, 9.17) is 35.9 Å². The molecule has 3 heterocycles. The van der Waals surface area contributed by atoms with E-state index in [-0.39, 0.29) is 36.9 Å². The maximum Gasteiger partial charge on any atom is 0.410 e. The minimum Gasteiger partial charge on any atom is -0.481 e. The lowest BCUT2D eigenvalue weighted by atomic mass is 9.83. The fourth-order valence-electron chi connectivity index (χ4n) is 4.36. The second kappa shape index (κ2) is 20.3. The van der Waals surface area contributed by atoms with Gasteiger partial charge in [0, 0.05) is 63.5 Å². The van der Waals surface area contributed by atoms with Crippen LogP contribution in [0.3, 0.4) is 0 Å². The van der Waals surface area contributed by atoms with Gasteiger partial charge >= 0.3 is 24.1 Å². The Morgan fingerprint density at radius 3 is 1.39 bits per heavy atom. The molecule has 0 aromatic rings. The van der Waals surface area contributed by atoms with E-state index < -0.39 is 42.5 Å². The highest BCUT2D eigenvalue weighted by Gasteiger charge is 2.42. The smallest absolute Gasteiger partial charge is 0.410 e. The summed E-state index contributed by atoms with van der Waals surface area (Å²) in [7, 11) is -1.39. The zero-order valence-electron chi connectivity index (χ0n) is 31.9. The normalized spacial score (nSPS) is 17.4. The Bertz CT molecular complexity index is 1020. The molecule has 3 rings (SSSR count). The van der Waals surface area contributed by atoms with Gasteiger partial charge in [-0.15, -0.1) is 0 Å². The second-order valence-electron chi connectivity index (χ2n) is 16.2. The number of aliphatic hydroxyl groups is 1. The summed E-state index contributed by atoms with van der Waals surface area (Å²) in [5.41, 5.74) is -1.04. The molecule has 0 spiro atoms. The maximum absolute atomic E-state index is 11.7. The van der Waals surface area contributed by atoms with Crippen LogP contribution in [-0.4, -0.2) is 107 Å². The van der Waals surface area contributed by atoms with Gasteiger partial charge in [-0.1, -0.05) is 53.3 Å². The van der Waals surface area contributed by atoms with Crippen molar-refractivity contribution in [2.75, 3.05) is 32.8 Å². The number of hydrogen-bond donors (Lipinski definition) is 3. The van der Waals surface area contributed by atoms with Crippen molar-refractivity contribution in [3.05, 3.63) is 12.3 Å². The third-order valence-corrected chi connectivity index (χ3v) is 13.5. The summed E-state index contributed by atoms with van der Waals surface area (Å²) >= 11 is 6.15. The number of allylic oxidation sites excluding steroid dienone is 1. The highest BCUT2D eigenvalue weighted by molar-refractivity contribution is 7.20. The molecule has 0 radical (unpaired) electrons. The number of carboxylic acid groups (broad SMARTS) is 2. The number of carboxylic acids is 2. The van der Waals surface area contributed by atoms with Crippen LogP contribution in [0, 0.1) is 23.7 Å². The average Bonchev–Trinajstić information content (AvgIpc) is 3.43. The van der Waals surface area contributed by atoms with E-state index in [1.165, 1.54) is 4.90 Å². The first-order valence-electron chi connectivity index (χ1n) is 17.1. The maximum atomic E-state index is 11.7. The lowest BCUT2D eigenvalue weighted by Crippen LogP contribution is -2.55. The topological polar surface area (TPSA) is 166 Å². The van der Waals surface area contributed by atoms with Crippen molar-refractivity contribution in [1.29, 1.82) is 0 Å². The first-order chi connectivity index (χ1) is 22.2. The molecule has 3 aliphatic rings. The Balaban J connectivity index is 0.000000694. The van der Waals surface area contributed by atoms with Crippen molar-refractivity contribution in [2.45, 2.75) is 124 Å². The fourth-order valence-corrected chi connectivity index (χ4v) is 4.36. The molecule has 0 aromatic carbocycles. The molecule has 2 atom stereocenters. The van der Waals surface area contributed by atoms with Gasteiger partial charge in [-0.05, 0) is 59.4 Å². The Hall–Kier alpha value is -2.64.